The summed E-state index contributed by atoms with van der Waals surface area (Å²) >= 11 is 1.76. The van der Waals surface area contributed by atoms with Gasteiger partial charge < -0.3 is 14.7 Å². The molecule has 2 aliphatic rings. The summed E-state index contributed by atoms with van der Waals surface area (Å²) in [5.74, 6) is -0.471. The third kappa shape index (κ3) is 3.42. The molecule has 1 atom stereocenters. The summed E-state index contributed by atoms with van der Waals surface area (Å²) in [5.41, 5.74) is 5.86. The Morgan fingerprint density at radius 1 is 1.30 bits per heavy atom. The number of carbonyl (C=O) groups is 1. The number of hydrogen-bond acceptors (Lipinski definition) is 4. The van der Waals surface area contributed by atoms with Crippen LogP contribution >= 0.6 is 11.3 Å². The first-order chi connectivity index (χ1) is 13.1. The van der Waals surface area contributed by atoms with Gasteiger partial charge in [-0.1, -0.05) is 18.6 Å². The van der Waals surface area contributed by atoms with Crippen LogP contribution in [0.5, 0.6) is 5.75 Å². The Kier molecular flexibility index (Phi) is 5.06. The van der Waals surface area contributed by atoms with E-state index < -0.39 is 11.9 Å². The van der Waals surface area contributed by atoms with Crippen molar-refractivity contribution in [3.8, 4) is 5.75 Å². The van der Waals surface area contributed by atoms with Gasteiger partial charge in [0.1, 0.15) is 12.4 Å². The van der Waals surface area contributed by atoms with Crippen LogP contribution < -0.4 is 4.74 Å². The molecule has 1 unspecified atom stereocenters. The minimum absolute atomic E-state index is 0.533. The summed E-state index contributed by atoms with van der Waals surface area (Å²) in [7, 11) is 0. The molecule has 4 nitrogen and oxygen atoms in total. The maximum Gasteiger partial charge on any atom is 0.310 e. The van der Waals surface area contributed by atoms with Crippen molar-refractivity contribution in [3.63, 3.8) is 0 Å². The van der Waals surface area contributed by atoms with Crippen LogP contribution in [0.15, 0.2) is 35.2 Å². The maximum absolute atomic E-state index is 11.5. The zero-order valence-corrected chi connectivity index (χ0v) is 16.6. The van der Waals surface area contributed by atoms with E-state index in [0.29, 0.717) is 6.61 Å². The summed E-state index contributed by atoms with van der Waals surface area (Å²) in [5, 5.41) is 11.6. The van der Waals surface area contributed by atoms with Crippen LogP contribution in [0.25, 0.3) is 5.57 Å². The van der Waals surface area contributed by atoms with E-state index in [4.69, 9.17) is 4.74 Å². The third-order valence-electron chi connectivity index (χ3n) is 5.76. The van der Waals surface area contributed by atoms with Gasteiger partial charge in [0, 0.05) is 34.7 Å². The lowest BCUT2D eigenvalue weighted by Crippen LogP contribution is -2.30. The second-order valence-electron chi connectivity index (χ2n) is 7.29. The average Bonchev–Trinajstić information content (AvgIpc) is 3.09. The van der Waals surface area contributed by atoms with Gasteiger partial charge in [0.2, 0.25) is 0 Å². The van der Waals surface area contributed by atoms with Crippen molar-refractivity contribution in [3.05, 3.63) is 56.8 Å². The fraction of sp³-hybridized carbons (Fsp3) is 0.409. The van der Waals surface area contributed by atoms with Gasteiger partial charge in [0.05, 0.1) is 5.92 Å². The van der Waals surface area contributed by atoms with Gasteiger partial charge in [-0.2, -0.15) is 0 Å². The number of rotatable bonds is 3. The predicted octanol–water partition coefficient (Wildman–Crippen LogP) is 4.75. The molecule has 0 radical (unpaired) electrons. The number of likely N-dealkylation sites (tertiary alicyclic amines) is 1. The summed E-state index contributed by atoms with van der Waals surface area (Å²) < 4.78 is 6.11. The Bertz CT molecular complexity index is 889. The molecule has 4 rings (SSSR count). The van der Waals surface area contributed by atoms with E-state index >= 15 is 0 Å². The molecule has 1 aromatic heterocycles. The molecule has 1 N–H and O–H groups in total. The van der Waals surface area contributed by atoms with Gasteiger partial charge in [0.15, 0.2) is 0 Å². The largest absolute Gasteiger partial charge is 0.488 e. The monoisotopic (exact) mass is 383 g/mol. The molecule has 142 valence electrons. The number of piperidine rings is 1. The second kappa shape index (κ2) is 7.49. The molecule has 3 heterocycles. The Hall–Kier alpha value is -2.11. The van der Waals surface area contributed by atoms with Crippen LogP contribution in [0.4, 0.5) is 0 Å². The van der Waals surface area contributed by atoms with Gasteiger partial charge in [-0.25, -0.2) is 0 Å². The normalized spacial score (nSPS) is 18.3. The summed E-state index contributed by atoms with van der Waals surface area (Å²) in [6.07, 6.45) is 2.11. The van der Waals surface area contributed by atoms with E-state index in [1.54, 1.807) is 18.3 Å². The number of hydrogen-bond donors (Lipinski definition) is 1. The van der Waals surface area contributed by atoms with Crippen molar-refractivity contribution in [2.45, 2.75) is 39.2 Å². The van der Waals surface area contributed by atoms with Gasteiger partial charge in [0.25, 0.3) is 0 Å². The molecule has 1 aromatic carbocycles. The molecular formula is C22H25NO3S. The number of carboxylic acid groups (broad SMARTS) is 1. The second-order valence-corrected chi connectivity index (χ2v) is 8.21. The zero-order valence-electron chi connectivity index (χ0n) is 15.8. The van der Waals surface area contributed by atoms with Gasteiger partial charge >= 0.3 is 5.97 Å². The summed E-state index contributed by atoms with van der Waals surface area (Å²) in [4.78, 5) is 15.3. The van der Waals surface area contributed by atoms with Crippen LogP contribution in [0.3, 0.4) is 0 Å². The molecule has 2 aliphatic heterocycles. The Balaban J connectivity index is 1.86. The van der Waals surface area contributed by atoms with Crippen LogP contribution in [-0.4, -0.2) is 35.6 Å². The first-order valence-electron chi connectivity index (χ1n) is 9.59. The predicted molar refractivity (Wildman–Crippen MR) is 109 cm³/mol. The highest BCUT2D eigenvalue weighted by atomic mass is 32.1. The van der Waals surface area contributed by atoms with E-state index in [0.717, 1.165) is 49.4 Å². The van der Waals surface area contributed by atoms with Crippen LogP contribution in [0.1, 0.15) is 54.2 Å². The molecular weight excluding hydrogens is 358 g/mol. The molecule has 2 aromatic rings. The van der Waals surface area contributed by atoms with Crippen molar-refractivity contribution in [2.75, 3.05) is 19.6 Å². The summed E-state index contributed by atoms with van der Waals surface area (Å²) in [6.45, 7) is 7.77. The molecule has 0 aliphatic carbocycles. The molecule has 0 amide bonds. The number of fused-ring (bicyclic) bond motifs is 2. The number of carboxylic acids is 1. The van der Waals surface area contributed by atoms with Crippen molar-refractivity contribution < 1.29 is 14.6 Å². The lowest BCUT2D eigenvalue weighted by Gasteiger charge is -2.29. The fourth-order valence-electron chi connectivity index (χ4n) is 3.97. The molecule has 0 saturated carbocycles. The molecule has 5 heteroatoms. The highest BCUT2D eigenvalue weighted by Gasteiger charge is 2.27. The van der Waals surface area contributed by atoms with Crippen molar-refractivity contribution in [2.24, 2.45) is 0 Å². The lowest BCUT2D eigenvalue weighted by molar-refractivity contribution is -0.138. The topological polar surface area (TPSA) is 49.8 Å². The van der Waals surface area contributed by atoms with Gasteiger partial charge in [-0.05, 0) is 55.5 Å². The first-order valence-corrected chi connectivity index (χ1v) is 10.5. The minimum atomic E-state index is -0.799. The van der Waals surface area contributed by atoms with E-state index in [1.807, 2.05) is 18.2 Å². The van der Waals surface area contributed by atoms with E-state index in [9.17, 15) is 9.90 Å². The quantitative estimate of drug-likeness (QED) is 0.831. The van der Waals surface area contributed by atoms with E-state index in [2.05, 4.69) is 23.3 Å². The Morgan fingerprint density at radius 2 is 2.07 bits per heavy atom. The highest BCUT2D eigenvalue weighted by molar-refractivity contribution is 7.11. The van der Waals surface area contributed by atoms with Crippen LogP contribution in [0.2, 0.25) is 0 Å². The SMILES string of the molecule is CCN1CCC(=C2c3cc(C(C)C(=O)O)ccc3OCc3ccsc32)CC1. The molecule has 0 spiro atoms. The van der Waals surface area contributed by atoms with Gasteiger partial charge in [-0.15, -0.1) is 11.3 Å². The van der Waals surface area contributed by atoms with Crippen molar-refractivity contribution in [1.82, 2.24) is 4.90 Å². The van der Waals surface area contributed by atoms with E-state index in [1.165, 1.54) is 21.6 Å². The number of aliphatic carboxylic acids is 1. The molecule has 0 bridgehead atoms. The standard InChI is InChI=1S/C22H25NO3S/c1-3-23-9-6-15(7-10-23)20-18-12-16(14(2)22(24)25)4-5-19(18)26-13-17-8-11-27-21(17)20/h4-5,8,11-12,14H,3,6-7,9-10,13H2,1-2H3,(H,24,25). The zero-order chi connectivity index (χ0) is 19.0. The number of nitrogens with zero attached hydrogens (tertiary/aromatic N) is 1. The smallest absolute Gasteiger partial charge is 0.310 e. The first kappa shape index (κ1) is 18.3. The molecule has 27 heavy (non-hydrogen) atoms. The van der Waals surface area contributed by atoms with Crippen LogP contribution in [0, 0.1) is 0 Å². The average molecular weight is 384 g/mol. The molecule has 1 fully saturated rings. The van der Waals surface area contributed by atoms with Crippen molar-refractivity contribution >= 4 is 22.9 Å². The highest BCUT2D eigenvalue weighted by Crippen LogP contribution is 2.44. The number of thiophene rings is 1. The van der Waals surface area contributed by atoms with Crippen LogP contribution in [-0.2, 0) is 11.4 Å². The fourth-order valence-corrected chi connectivity index (χ4v) is 4.99. The van der Waals surface area contributed by atoms with Crippen molar-refractivity contribution in [1.29, 1.82) is 0 Å². The third-order valence-corrected chi connectivity index (χ3v) is 6.73. The van der Waals surface area contributed by atoms with E-state index in [-0.39, 0.29) is 0 Å². The summed E-state index contributed by atoms with van der Waals surface area (Å²) in [6, 6.07) is 8.02. The lowest BCUT2D eigenvalue weighted by atomic mass is 9.88. The Labute approximate surface area is 164 Å². The maximum atomic E-state index is 11.5. The number of benzene rings is 1. The Morgan fingerprint density at radius 3 is 2.78 bits per heavy atom. The molecule has 1 saturated heterocycles. The van der Waals surface area contributed by atoms with Gasteiger partial charge in [-0.3, -0.25) is 4.79 Å². The minimum Gasteiger partial charge on any atom is -0.488 e. The number of ether oxygens (including phenoxy) is 1.